The predicted molar refractivity (Wildman–Crippen MR) is 79.7 cm³/mol. The van der Waals surface area contributed by atoms with Crippen LogP contribution in [0.3, 0.4) is 0 Å². The Morgan fingerprint density at radius 3 is 2.90 bits per heavy atom. The minimum atomic E-state index is 0.559. The third-order valence-corrected chi connectivity index (χ3v) is 4.73. The van der Waals surface area contributed by atoms with E-state index in [1.807, 2.05) is 6.92 Å². The van der Waals surface area contributed by atoms with Gasteiger partial charge in [0.15, 0.2) is 5.01 Å². The SMILES string of the molecule is Cc1[nH]nc(-c2nn3c(-c4cnccn4)nnc3s2)c1Br. The lowest BCUT2D eigenvalue weighted by Gasteiger charge is -1.93. The maximum absolute atomic E-state index is 4.52. The fourth-order valence-electron chi connectivity index (χ4n) is 1.84. The molecule has 104 valence electrons. The van der Waals surface area contributed by atoms with Crippen molar-refractivity contribution in [3.8, 4) is 22.2 Å². The first-order valence-electron chi connectivity index (χ1n) is 5.93. The number of hydrogen-bond donors (Lipinski definition) is 1. The van der Waals surface area contributed by atoms with Crippen molar-refractivity contribution < 1.29 is 0 Å². The summed E-state index contributed by atoms with van der Waals surface area (Å²) in [5, 5.41) is 20.7. The van der Waals surface area contributed by atoms with E-state index in [9.17, 15) is 0 Å². The maximum atomic E-state index is 4.52. The van der Waals surface area contributed by atoms with Gasteiger partial charge in [0.05, 0.1) is 10.7 Å². The van der Waals surface area contributed by atoms with Gasteiger partial charge in [-0.25, -0.2) is 4.98 Å². The average Bonchev–Trinajstić information content (AvgIpc) is 3.15. The van der Waals surface area contributed by atoms with Gasteiger partial charge < -0.3 is 0 Å². The molecule has 1 N–H and O–H groups in total. The molecule has 0 spiro atoms. The maximum Gasteiger partial charge on any atom is 0.235 e. The van der Waals surface area contributed by atoms with Crippen LogP contribution < -0.4 is 0 Å². The van der Waals surface area contributed by atoms with E-state index >= 15 is 0 Å². The number of H-pyrrole nitrogens is 1. The molecule has 10 heteroatoms. The largest absolute Gasteiger partial charge is 0.281 e. The number of nitrogens with one attached hydrogen (secondary N) is 1. The fourth-order valence-corrected chi connectivity index (χ4v) is 3.18. The molecule has 4 heterocycles. The molecule has 4 aromatic rings. The molecular weight excluding hydrogens is 356 g/mol. The summed E-state index contributed by atoms with van der Waals surface area (Å²) in [4.78, 5) is 8.94. The molecule has 0 fully saturated rings. The Bertz CT molecular complexity index is 924. The first-order chi connectivity index (χ1) is 10.2. The van der Waals surface area contributed by atoms with E-state index in [1.165, 1.54) is 11.3 Å². The van der Waals surface area contributed by atoms with E-state index < -0.39 is 0 Å². The number of rotatable bonds is 2. The Hall–Kier alpha value is -2.20. The summed E-state index contributed by atoms with van der Waals surface area (Å²) in [5.74, 6) is 0.559. The molecule has 0 radical (unpaired) electrons. The summed E-state index contributed by atoms with van der Waals surface area (Å²) < 4.78 is 2.55. The van der Waals surface area contributed by atoms with Crippen LogP contribution >= 0.6 is 27.3 Å². The molecule has 0 aliphatic rings. The number of aryl methyl sites for hydroxylation is 1. The summed E-state index contributed by atoms with van der Waals surface area (Å²) in [6, 6.07) is 0. The monoisotopic (exact) mass is 362 g/mol. The highest BCUT2D eigenvalue weighted by atomic mass is 79.9. The van der Waals surface area contributed by atoms with Crippen LogP contribution in [0.25, 0.3) is 27.2 Å². The molecule has 4 aromatic heterocycles. The number of aromatic amines is 1. The Morgan fingerprint density at radius 1 is 1.29 bits per heavy atom. The van der Waals surface area contributed by atoms with Crippen LogP contribution in [0.4, 0.5) is 0 Å². The molecule has 0 bridgehead atoms. The van der Waals surface area contributed by atoms with Gasteiger partial charge in [0.2, 0.25) is 10.8 Å². The van der Waals surface area contributed by atoms with Crippen molar-refractivity contribution in [2.24, 2.45) is 0 Å². The number of fused-ring (bicyclic) bond motifs is 1. The van der Waals surface area contributed by atoms with Gasteiger partial charge in [-0.05, 0) is 22.9 Å². The molecule has 0 unspecified atom stereocenters. The Kier molecular flexibility index (Phi) is 2.79. The Morgan fingerprint density at radius 2 is 2.19 bits per heavy atom. The normalized spacial score (nSPS) is 11.3. The molecule has 4 rings (SSSR count). The second-order valence-corrected chi connectivity index (χ2v) is 5.98. The molecule has 0 aromatic carbocycles. The summed E-state index contributed by atoms with van der Waals surface area (Å²) in [6.07, 6.45) is 4.85. The van der Waals surface area contributed by atoms with Crippen LogP contribution in [0.5, 0.6) is 0 Å². The van der Waals surface area contributed by atoms with Crippen molar-refractivity contribution in [3.05, 3.63) is 28.8 Å². The van der Waals surface area contributed by atoms with Crippen molar-refractivity contribution in [2.45, 2.75) is 6.92 Å². The van der Waals surface area contributed by atoms with Gasteiger partial charge in [-0.3, -0.25) is 10.1 Å². The molecule has 21 heavy (non-hydrogen) atoms. The highest BCUT2D eigenvalue weighted by Crippen LogP contribution is 2.32. The highest BCUT2D eigenvalue weighted by molar-refractivity contribution is 9.10. The Balaban J connectivity index is 1.89. The fraction of sp³-hybridized carbons (Fsp3) is 0.0909. The quantitative estimate of drug-likeness (QED) is 0.586. The molecule has 0 amide bonds. The van der Waals surface area contributed by atoms with Crippen LogP contribution in [0, 0.1) is 6.92 Å². The van der Waals surface area contributed by atoms with Crippen molar-refractivity contribution >= 4 is 32.2 Å². The third-order valence-electron chi connectivity index (χ3n) is 2.86. The van der Waals surface area contributed by atoms with E-state index in [0.717, 1.165) is 20.9 Å². The van der Waals surface area contributed by atoms with E-state index in [2.05, 4.69) is 51.4 Å². The van der Waals surface area contributed by atoms with E-state index in [1.54, 1.807) is 23.1 Å². The smallest absolute Gasteiger partial charge is 0.235 e. The molecule has 0 aliphatic carbocycles. The lowest BCUT2D eigenvalue weighted by atomic mass is 10.4. The second-order valence-electron chi connectivity index (χ2n) is 4.23. The van der Waals surface area contributed by atoms with Crippen molar-refractivity contribution in [2.75, 3.05) is 0 Å². The summed E-state index contributed by atoms with van der Waals surface area (Å²) in [7, 11) is 0. The standard InChI is InChI=1S/C11H7BrN8S/c1-5-7(12)8(16-15-5)10-19-20-9(17-18-11(20)21-10)6-4-13-2-3-14-6/h2-4H,1H3,(H,15,16). The Labute approximate surface area is 130 Å². The summed E-state index contributed by atoms with van der Waals surface area (Å²) in [6.45, 7) is 1.94. The van der Waals surface area contributed by atoms with Crippen LogP contribution in [-0.2, 0) is 0 Å². The predicted octanol–water partition coefficient (Wildman–Crippen LogP) is 2.10. The summed E-state index contributed by atoms with van der Waals surface area (Å²) in [5.41, 5.74) is 2.33. The minimum absolute atomic E-state index is 0.559. The molecule has 0 saturated heterocycles. The first-order valence-corrected chi connectivity index (χ1v) is 7.54. The van der Waals surface area contributed by atoms with Crippen LogP contribution in [0.2, 0.25) is 0 Å². The van der Waals surface area contributed by atoms with Crippen LogP contribution in [-0.4, -0.2) is 40.0 Å². The van der Waals surface area contributed by atoms with Gasteiger partial charge in [-0.1, -0.05) is 11.3 Å². The van der Waals surface area contributed by atoms with Gasteiger partial charge in [0.1, 0.15) is 11.4 Å². The second kappa shape index (κ2) is 4.67. The van der Waals surface area contributed by atoms with E-state index in [4.69, 9.17) is 0 Å². The molecule has 0 atom stereocenters. The zero-order valence-corrected chi connectivity index (χ0v) is 13.1. The lowest BCUT2D eigenvalue weighted by molar-refractivity contribution is 0.951. The number of nitrogens with zero attached hydrogens (tertiary/aromatic N) is 7. The molecule has 8 nitrogen and oxygen atoms in total. The molecule has 0 saturated carbocycles. The number of halogens is 1. The van der Waals surface area contributed by atoms with Crippen molar-refractivity contribution in [1.29, 1.82) is 0 Å². The van der Waals surface area contributed by atoms with Gasteiger partial charge in [0.25, 0.3) is 0 Å². The topological polar surface area (TPSA) is 97.5 Å². The van der Waals surface area contributed by atoms with Crippen LogP contribution in [0.15, 0.2) is 23.1 Å². The molecule has 0 aliphatic heterocycles. The summed E-state index contributed by atoms with van der Waals surface area (Å²) >= 11 is 4.91. The van der Waals surface area contributed by atoms with E-state index in [-0.39, 0.29) is 0 Å². The van der Waals surface area contributed by atoms with Gasteiger partial charge in [0, 0.05) is 18.1 Å². The first kappa shape index (κ1) is 12.5. The van der Waals surface area contributed by atoms with Gasteiger partial charge >= 0.3 is 0 Å². The van der Waals surface area contributed by atoms with Gasteiger partial charge in [-0.2, -0.15) is 14.7 Å². The van der Waals surface area contributed by atoms with E-state index in [0.29, 0.717) is 16.5 Å². The highest BCUT2D eigenvalue weighted by Gasteiger charge is 2.19. The lowest BCUT2D eigenvalue weighted by Crippen LogP contribution is -1.93. The molecular formula is C11H7BrN8S. The van der Waals surface area contributed by atoms with Crippen LogP contribution in [0.1, 0.15) is 5.69 Å². The number of aromatic nitrogens is 8. The van der Waals surface area contributed by atoms with Gasteiger partial charge in [-0.15, -0.1) is 10.2 Å². The van der Waals surface area contributed by atoms with Crippen molar-refractivity contribution in [1.82, 2.24) is 40.0 Å². The third kappa shape index (κ3) is 1.94. The zero-order valence-electron chi connectivity index (χ0n) is 10.6. The average molecular weight is 363 g/mol. The van der Waals surface area contributed by atoms with Crippen molar-refractivity contribution in [3.63, 3.8) is 0 Å². The zero-order chi connectivity index (χ0) is 14.4. The minimum Gasteiger partial charge on any atom is -0.281 e. The number of hydrogen-bond acceptors (Lipinski definition) is 7.